The second kappa shape index (κ2) is 10.1. The normalized spacial score (nSPS) is 22.0. The van der Waals surface area contributed by atoms with Crippen LogP contribution in [0.4, 0.5) is 0 Å². The molecular weight excluding hydrogens is 385 g/mol. The predicted molar refractivity (Wildman–Crippen MR) is 106 cm³/mol. The largest absolute Gasteiger partial charge is 0.370 e. The van der Waals surface area contributed by atoms with Crippen LogP contribution in [-0.2, 0) is 0 Å². The van der Waals surface area contributed by atoms with Crippen LogP contribution in [-0.4, -0.2) is 30.5 Å². The van der Waals surface area contributed by atoms with Crippen LogP contribution in [0.25, 0.3) is 0 Å². The van der Waals surface area contributed by atoms with Crippen molar-refractivity contribution in [3.63, 3.8) is 0 Å². The fraction of sp³-hybridized carbons (Fsp3) is 0.611. The summed E-state index contributed by atoms with van der Waals surface area (Å²) >= 11 is 0. The van der Waals surface area contributed by atoms with Gasteiger partial charge in [-0.05, 0) is 56.9 Å². The Bertz CT molecular complexity index is 435. The van der Waals surface area contributed by atoms with E-state index in [1.54, 1.807) is 0 Å². The summed E-state index contributed by atoms with van der Waals surface area (Å²) in [5.74, 6) is 2.16. The van der Waals surface area contributed by atoms with Crippen LogP contribution in [0, 0.1) is 5.92 Å². The molecule has 0 atom stereocenters. The van der Waals surface area contributed by atoms with Crippen LogP contribution in [0.15, 0.2) is 35.3 Å². The first-order valence-electron chi connectivity index (χ1n) is 8.34. The van der Waals surface area contributed by atoms with Crippen molar-refractivity contribution in [2.24, 2.45) is 16.6 Å². The highest BCUT2D eigenvalue weighted by Gasteiger charge is 2.22. The van der Waals surface area contributed by atoms with Gasteiger partial charge in [0.25, 0.3) is 0 Å². The number of nitrogens with zero attached hydrogens (tertiary/aromatic N) is 2. The van der Waals surface area contributed by atoms with Crippen LogP contribution < -0.4 is 5.73 Å². The summed E-state index contributed by atoms with van der Waals surface area (Å²) in [6.07, 6.45) is 5.12. The number of hydrogen-bond donors (Lipinski definition) is 1. The minimum Gasteiger partial charge on any atom is -0.370 e. The molecule has 1 aliphatic carbocycles. The molecule has 0 aromatic heterocycles. The summed E-state index contributed by atoms with van der Waals surface area (Å²) in [5, 5.41) is 0. The van der Waals surface area contributed by atoms with E-state index in [-0.39, 0.29) is 24.0 Å². The second-order valence-electron chi connectivity index (χ2n) is 6.00. The minimum absolute atomic E-state index is 0. The lowest BCUT2D eigenvalue weighted by molar-refractivity contribution is 0.331. The molecule has 0 unspecified atom stereocenters. The topological polar surface area (TPSA) is 41.6 Å². The second-order valence-corrected chi connectivity index (χ2v) is 6.00. The Labute approximate surface area is 152 Å². The lowest BCUT2D eigenvalue weighted by Crippen LogP contribution is -2.37. The molecule has 0 aliphatic heterocycles. The average molecular weight is 415 g/mol. The highest BCUT2D eigenvalue weighted by molar-refractivity contribution is 14.0. The van der Waals surface area contributed by atoms with Crippen molar-refractivity contribution in [1.82, 2.24) is 4.90 Å². The highest BCUT2D eigenvalue weighted by Crippen LogP contribution is 2.35. The molecule has 3 nitrogen and oxygen atoms in total. The summed E-state index contributed by atoms with van der Waals surface area (Å²) in [7, 11) is 0. The Morgan fingerprint density at radius 3 is 2.23 bits per heavy atom. The Kier molecular flexibility index (Phi) is 8.83. The van der Waals surface area contributed by atoms with E-state index in [1.807, 2.05) is 0 Å². The van der Waals surface area contributed by atoms with Crippen LogP contribution in [0.1, 0.15) is 51.0 Å². The van der Waals surface area contributed by atoms with E-state index in [9.17, 15) is 0 Å². The first kappa shape index (κ1) is 19.3. The van der Waals surface area contributed by atoms with E-state index in [0.717, 1.165) is 25.6 Å². The number of halogens is 1. The molecule has 0 bridgehead atoms. The minimum atomic E-state index is 0. The molecule has 1 aromatic rings. The van der Waals surface area contributed by atoms with Gasteiger partial charge in [0, 0.05) is 19.6 Å². The summed E-state index contributed by atoms with van der Waals surface area (Å²) in [6.45, 7) is 7.01. The number of hydrogen-bond acceptors (Lipinski definition) is 1. The number of benzene rings is 1. The quantitative estimate of drug-likeness (QED) is 0.444. The summed E-state index contributed by atoms with van der Waals surface area (Å²) in [6, 6.07) is 10.9. The lowest BCUT2D eigenvalue weighted by atomic mass is 9.79. The van der Waals surface area contributed by atoms with Gasteiger partial charge in [-0.2, -0.15) is 0 Å². The third-order valence-corrected chi connectivity index (χ3v) is 4.72. The van der Waals surface area contributed by atoms with E-state index in [0.29, 0.717) is 11.9 Å². The van der Waals surface area contributed by atoms with Gasteiger partial charge in [0.05, 0.1) is 0 Å². The van der Waals surface area contributed by atoms with E-state index in [2.05, 4.69) is 54.1 Å². The van der Waals surface area contributed by atoms with Crippen molar-refractivity contribution in [1.29, 1.82) is 0 Å². The van der Waals surface area contributed by atoms with Gasteiger partial charge in [-0.15, -0.1) is 24.0 Å². The standard InChI is InChI=1S/C18H29N3.HI/c1-3-21(4-2)18(19)20-14-15-10-12-17(13-11-15)16-8-6-5-7-9-16;/h5-9,15,17H,3-4,10-14H2,1-2H3,(H2,19,20);1H. The van der Waals surface area contributed by atoms with Crippen LogP contribution in [0.2, 0.25) is 0 Å². The maximum Gasteiger partial charge on any atom is 0.191 e. The van der Waals surface area contributed by atoms with Crippen LogP contribution >= 0.6 is 24.0 Å². The van der Waals surface area contributed by atoms with Crippen molar-refractivity contribution < 1.29 is 0 Å². The third kappa shape index (κ3) is 5.45. The Morgan fingerprint density at radius 1 is 1.09 bits per heavy atom. The average Bonchev–Trinajstić information content (AvgIpc) is 2.55. The molecule has 1 saturated carbocycles. The van der Waals surface area contributed by atoms with Crippen molar-refractivity contribution in [2.45, 2.75) is 45.4 Å². The zero-order valence-electron chi connectivity index (χ0n) is 13.9. The molecule has 0 radical (unpaired) electrons. The molecule has 2 rings (SSSR count). The predicted octanol–water partition coefficient (Wildman–Crippen LogP) is 4.23. The smallest absolute Gasteiger partial charge is 0.191 e. The molecule has 0 saturated heterocycles. The first-order chi connectivity index (χ1) is 10.2. The molecule has 0 heterocycles. The SMILES string of the molecule is CCN(CC)C(N)=NCC1CCC(c2ccccc2)CC1.I. The first-order valence-corrected chi connectivity index (χ1v) is 8.34. The van der Waals surface area contributed by atoms with Gasteiger partial charge in [0.1, 0.15) is 0 Å². The van der Waals surface area contributed by atoms with Gasteiger partial charge in [-0.1, -0.05) is 30.3 Å². The van der Waals surface area contributed by atoms with Gasteiger partial charge >= 0.3 is 0 Å². The molecule has 0 amide bonds. The fourth-order valence-corrected chi connectivity index (χ4v) is 3.27. The number of rotatable bonds is 5. The highest BCUT2D eigenvalue weighted by atomic mass is 127. The van der Waals surface area contributed by atoms with Gasteiger partial charge in [-0.25, -0.2) is 0 Å². The van der Waals surface area contributed by atoms with E-state index >= 15 is 0 Å². The molecule has 0 spiro atoms. The lowest BCUT2D eigenvalue weighted by Gasteiger charge is -2.28. The Morgan fingerprint density at radius 2 is 1.68 bits per heavy atom. The number of nitrogens with two attached hydrogens (primary N) is 1. The van der Waals surface area contributed by atoms with E-state index < -0.39 is 0 Å². The summed E-state index contributed by atoms with van der Waals surface area (Å²) in [4.78, 5) is 6.73. The van der Waals surface area contributed by atoms with E-state index in [4.69, 9.17) is 5.73 Å². The summed E-state index contributed by atoms with van der Waals surface area (Å²) < 4.78 is 0. The van der Waals surface area contributed by atoms with Crippen LogP contribution in [0.3, 0.4) is 0 Å². The zero-order valence-corrected chi connectivity index (χ0v) is 16.2. The van der Waals surface area contributed by atoms with Crippen molar-refractivity contribution in [2.75, 3.05) is 19.6 Å². The molecule has 1 fully saturated rings. The number of aliphatic imine (C=N–C) groups is 1. The Hall–Kier alpha value is -0.780. The van der Waals surface area contributed by atoms with Gasteiger partial charge in [0.15, 0.2) is 5.96 Å². The fourth-order valence-electron chi connectivity index (χ4n) is 3.27. The maximum atomic E-state index is 6.05. The molecule has 124 valence electrons. The zero-order chi connectivity index (χ0) is 15.1. The van der Waals surface area contributed by atoms with Gasteiger partial charge in [-0.3, -0.25) is 4.99 Å². The Balaban J connectivity index is 0.00000242. The van der Waals surface area contributed by atoms with Crippen molar-refractivity contribution >= 4 is 29.9 Å². The van der Waals surface area contributed by atoms with Gasteiger partial charge in [0.2, 0.25) is 0 Å². The molecule has 4 heteroatoms. The van der Waals surface area contributed by atoms with Crippen molar-refractivity contribution in [3.8, 4) is 0 Å². The van der Waals surface area contributed by atoms with Crippen molar-refractivity contribution in [3.05, 3.63) is 35.9 Å². The van der Waals surface area contributed by atoms with Crippen LogP contribution in [0.5, 0.6) is 0 Å². The number of guanidine groups is 1. The molecule has 1 aromatic carbocycles. The van der Waals surface area contributed by atoms with Gasteiger partial charge < -0.3 is 10.6 Å². The molecule has 1 aliphatic rings. The molecular formula is C18H30IN3. The molecule has 2 N–H and O–H groups in total. The van der Waals surface area contributed by atoms with E-state index in [1.165, 1.54) is 31.2 Å². The maximum absolute atomic E-state index is 6.05. The molecule has 22 heavy (non-hydrogen) atoms. The third-order valence-electron chi connectivity index (χ3n) is 4.72. The monoisotopic (exact) mass is 415 g/mol. The summed E-state index contributed by atoms with van der Waals surface area (Å²) in [5.41, 5.74) is 7.55.